The first kappa shape index (κ1) is 22.0. The van der Waals surface area contributed by atoms with Gasteiger partial charge < -0.3 is 10.2 Å². The van der Waals surface area contributed by atoms with Crippen molar-refractivity contribution in [1.29, 1.82) is 0 Å². The van der Waals surface area contributed by atoms with Gasteiger partial charge in [0.05, 0.1) is 23.6 Å². The first-order valence-electron chi connectivity index (χ1n) is 9.68. The fraction of sp³-hybridized carbons (Fsp3) is 0.318. The van der Waals surface area contributed by atoms with E-state index in [0.29, 0.717) is 10.6 Å². The van der Waals surface area contributed by atoms with Crippen LogP contribution in [0.4, 0.5) is 5.69 Å². The van der Waals surface area contributed by atoms with E-state index in [9.17, 15) is 24.6 Å². The van der Waals surface area contributed by atoms with Crippen LogP contribution in [0.5, 0.6) is 0 Å². The first-order chi connectivity index (χ1) is 14.6. The molecule has 9 heteroatoms. The van der Waals surface area contributed by atoms with Gasteiger partial charge in [-0.25, -0.2) is 4.90 Å². The molecular formula is C22H20BrClN2O5. The number of aliphatic hydroxyl groups excluding tert-OH is 1. The van der Waals surface area contributed by atoms with E-state index in [0.717, 1.165) is 14.9 Å². The van der Waals surface area contributed by atoms with Crippen LogP contribution in [0.1, 0.15) is 24.1 Å². The second-order valence-corrected chi connectivity index (χ2v) is 9.30. The van der Waals surface area contributed by atoms with Crippen molar-refractivity contribution in [2.75, 3.05) is 4.90 Å². The van der Waals surface area contributed by atoms with Crippen LogP contribution in [0.15, 0.2) is 46.9 Å². The molecule has 2 fully saturated rings. The number of aliphatic hydroxyl groups is 1. The molecule has 162 valence electrons. The Labute approximate surface area is 192 Å². The summed E-state index contributed by atoms with van der Waals surface area (Å²) in [6.07, 6.45) is -1.43. The summed E-state index contributed by atoms with van der Waals surface area (Å²) in [6, 6.07) is 11.1. The average Bonchev–Trinajstić information content (AvgIpc) is 3.20. The molecule has 3 N–H and O–H groups in total. The van der Waals surface area contributed by atoms with Gasteiger partial charge in [0, 0.05) is 15.5 Å². The van der Waals surface area contributed by atoms with Crippen molar-refractivity contribution >= 4 is 51.0 Å². The van der Waals surface area contributed by atoms with Crippen molar-refractivity contribution in [3.8, 4) is 0 Å². The van der Waals surface area contributed by atoms with Crippen LogP contribution in [-0.4, -0.2) is 39.6 Å². The predicted octanol–water partition coefficient (Wildman–Crippen LogP) is 3.07. The lowest BCUT2D eigenvalue weighted by atomic mass is 9.76. The quantitative estimate of drug-likeness (QED) is 0.549. The molecular weight excluding hydrogens is 488 g/mol. The Morgan fingerprint density at radius 3 is 2.39 bits per heavy atom. The highest BCUT2D eigenvalue weighted by molar-refractivity contribution is 9.10. The van der Waals surface area contributed by atoms with Crippen LogP contribution in [-0.2, 0) is 14.4 Å². The lowest BCUT2D eigenvalue weighted by Crippen LogP contribution is -2.62. The van der Waals surface area contributed by atoms with Crippen LogP contribution < -0.4 is 10.2 Å². The van der Waals surface area contributed by atoms with Gasteiger partial charge in [-0.3, -0.25) is 19.7 Å². The molecule has 0 saturated carbocycles. The van der Waals surface area contributed by atoms with Crippen LogP contribution in [0.25, 0.3) is 0 Å². The molecule has 2 aliphatic rings. The minimum atomic E-state index is -2.02. The molecule has 0 bridgehead atoms. The summed E-state index contributed by atoms with van der Waals surface area (Å²) < 4.78 is 0.815. The van der Waals surface area contributed by atoms with E-state index in [2.05, 4.69) is 21.2 Å². The second kappa shape index (κ2) is 7.70. The first-order valence-corrected chi connectivity index (χ1v) is 10.8. The van der Waals surface area contributed by atoms with Crippen molar-refractivity contribution in [2.24, 2.45) is 11.8 Å². The van der Waals surface area contributed by atoms with Gasteiger partial charge in [0.15, 0.2) is 5.54 Å². The lowest BCUT2D eigenvalue weighted by Gasteiger charge is -2.33. The zero-order valence-electron chi connectivity index (χ0n) is 16.7. The Hall–Kier alpha value is -2.26. The largest absolute Gasteiger partial charge is 0.480 e. The number of aliphatic carboxylic acids is 1. The van der Waals surface area contributed by atoms with Gasteiger partial charge in [0.1, 0.15) is 0 Å². The van der Waals surface area contributed by atoms with E-state index < -0.39 is 47.3 Å². The molecule has 2 amide bonds. The summed E-state index contributed by atoms with van der Waals surface area (Å²) in [6.45, 7) is 3.11. The number of carboxylic acid groups (broad SMARTS) is 1. The standard InChI is InChI=1S/C22H20BrClN2O5/c1-10-3-8-14(9-15(10)24)26-19(28)16-17(20(26)29)22(11(2)27,21(30)31)25-18(16)12-4-6-13(23)7-5-12/h3-9,11,16-18,25,27H,1-2H3,(H,30,31). The van der Waals surface area contributed by atoms with Gasteiger partial charge in [0.25, 0.3) is 0 Å². The van der Waals surface area contributed by atoms with Gasteiger partial charge in [-0.1, -0.05) is 45.7 Å². The molecule has 2 aliphatic heterocycles. The molecule has 0 aromatic heterocycles. The Balaban J connectivity index is 1.88. The number of fused-ring (bicyclic) bond motifs is 1. The van der Waals surface area contributed by atoms with Crippen molar-refractivity contribution < 1.29 is 24.6 Å². The number of nitrogens with one attached hydrogen (secondary N) is 1. The van der Waals surface area contributed by atoms with E-state index in [-0.39, 0.29) is 5.69 Å². The van der Waals surface area contributed by atoms with Gasteiger partial charge in [-0.15, -0.1) is 0 Å². The molecule has 7 nitrogen and oxygen atoms in total. The van der Waals surface area contributed by atoms with Gasteiger partial charge in [-0.2, -0.15) is 0 Å². The highest BCUT2D eigenvalue weighted by Gasteiger charge is 2.70. The number of imide groups is 1. The molecule has 5 unspecified atom stereocenters. The van der Waals surface area contributed by atoms with Crippen LogP contribution in [0, 0.1) is 18.8 Å². The summed E-state index contributed by atoms with van der Waals surface area (Å²) in [4.78, 5) is 40.4. The molecule has 5 atom stereocenters. The third kappa shape index (κ3) is 3.20. The highest BCUT2D eigenvalue weighted by Crippen LogP contribution is 2.51. The van der Waals surface area contributed by atoms with E-state index in [1.54, 1.807) is 43.3 Å². The van der Waals surface area contributed by atoms with E-state index in [4.69, 9.17) is 11.6 Å². The SMILES string of the molecule is Cc1ccc(N2C(=O)C3C(c4ccc(Br)cc4)NC(C(=O)O)(C(C)O)C3C2=O)cc1Cl. The fourth-order valence-electron chi connectivity index (χ4n) is 4.63. The molecule has 0 aliphatic carbocycles. The molecule has 4 rings (SSSR count). The number of rotatable bonds is 4. The van der Waals surface area contributed by atoms with E-state index in [1.165, 1.54) is 13.0 Å². The number of hydrogen-bond acceptors (Lipinski definition) is 5. The maximum absolute atomic E-state index is 13.5. The Bertz CT molecular complexity index is 1090. The average molecular weight is 508 g/mol. The molecule has 2 aromatic carbocycles. The smallest absolute Gasteiger partial charge is 0.327 e. The number of benzene rings is 2. The fourth-order valence-corrected chi connectivity index (χ4v) is 5.07. The summed E-state index contributed by atoms with van der Waals surface area (Å²) in [5.41, 5.74) is -0.312. The number of carbonyl (C=O) groups is 3. The summed E-state index contributed by atoms with van der Waals surface area (Å²) in [5.74, 6) is -4.88. The number of aryl methyl sites for hydroxylation is 1. The number of hydrogen-bond donors (Lipinski definition) is 3. The normalized spacial score (nSPS) is 28.7. The Morgan fingerprint density at radius 2 is 1.84 bits per heavy atom. The molecule has 2 saturated heterocycles. The van der Waals surface area contributed by atoms with Crippen molar-refractivity contribution in [3.05, 3.63) is 63.1 Å². The number of nitrogens with zero attached hydrogens (tertiary/aromatic N) is 1. The number of carboxylic acids is 1. The molecule has 0 radical (unpaired) electrons. The third-order valence-corrected chi connectivity index (χ3v) is 7.19. The number of amides is 2. The number of halogens is 2. The van der Waals surface area contributed by atoms with E-state index in [1.807, 2.05) is 0 Å². The topological polar surface area (TPSA) is 107 Å². The summed E-state index contributed by atoms with van der Waals surface area (Å²) >= 11 is 9.56. The Kier molecular flexibility index (Phi) is 5.46. The zero-order valence-corrected chi connectivity index (χ0v) is 19.0. The van der Waals surface area contributed by atoms with E-state index >= 15 is 0 Å². The third-order valence-electron chi connectivity index (χ3n) is 6.25. The maximum atomic E-state index is 13.5. The summed E-state index contributed by atoms with van der Waals surface area (Å²) in [7, 11) is 0. The van der Waals surface area contributed by atoms with Crippen LogP contribution >= 0.6 is 27.5 Å². The molecule has 0 spiro atoms. The number of anilines is 1. The van der Waals surface area contributed by atoms with Gasteiger partial charge in [0.2, 0.25) is 11.8 Å². The Morgan fingerprint density at radius 1 is 1.19 bits per heavy atom. The van der Waals surface area contributed by atoms with Crippen molar-refractivity contribution in [1.82, 2.24) is 5.32 Å². The van der Waals surface area contributed by atoms with Crippen molar-refractivity contribution in [3.63, 3.8) is 0 Å². The minimum absolute atomic E-state index is 0.277. The van der Waals surface area contributed by atoms with Crippen LogP contribution in [0.2, 0.25) is 5.02 Å². The van der Waals surface area contributed by atoms with Crippen LogP contribution in [0.3, 0.4) is 0 Å². The molecule has 2 heterocycles. The predicted molar refractivity (Wildman–Crippen MR) is 118 cm³/mol. The molecule has 2 aromatic rings. The minimum Gasteiger partial charge on any atom is -0.480 e. The lowest BCUT2D eigenvalue weighted by molar-refractivity contribution is -0.154. The second-order valence-electron chi connectivity index (χ2n) is 7.97. The highest BCUT2D eigenvalue weighted by atomic mass is 79.9. The van der Waals surface area contributed by atoms with Gasteiger partial charge in [-0.05, 0) is 49.2 Å². The summed E-state index contributed by atoms with van der Waals surface area (Å²) in [5, 5.41) is 23.9. The van der Waals surface area contributed by atoms with Gasteiger partial charge >= 0.3 is 5.97 Å². The number of carbonyl (C=O) groups excluding carboxylic acids is 2. The molecule has 31 heavy (non-hydrogen) atoms. The maximum Gasteiger partial charge on any atom is 0.327 e. The van der Waals surface area contributed by atoms with Crippen molar-refractivity contribution in [2.45, 2.75) is 31.5 Å². The zero-order chi connectivity index (χ0) is 22.7. The monoisotopic (exact) mass is 506 g/mol.